The largest absolute Gasteiger partial charge is 0.389 e. The van der Waals surface area contributed by atoms with Gasteiger partial charge in [0.1, 0.15) is 0 Å². The molecule has 0 saturated heterocycles. The van der Waals surface area contributed by atoms with E-state index in [2.05, 4.69) is 17.2 Å². The average molecular weight is 228 g/mol. The minimum Gasteiger partial charge on any atom is -0.389 e. The SMILES string of the molecule is CCC(C)(O)CNC(C)c1cnc(C)s1. The molecule has 3 nitrogen and oxygen atoms in total. The average Bonchev–Trinajstić information content (AvgIpc) is 2.61. The molecule has 0 fully saturated rings. The summed E-state index contributed by atoms with van der Waals surface area (Å²) in [7, 11) is 0. The molecule has 4 heteroatoms. The van der Waals surface area contributed by atoms with Gasteiger partial charge in [0, 0.05) is 23.7 Å². The van der Waals surface area contributed by atoms with Gasteiger partial charge in [0.05, 0.1) is 10.6 Å². The highest BCUT2D eigenvalue weighted by Crippen LogP contribution is 2.20. The summed E-state index contributed by atoms with van der Waals surface area (Å²) in [6, 6.07) is 0.259. The number of nitrogens with one attached hydrogen (secondary N) is 1. The molecule has 1 rings (SSSR count). The Morgan fingerprint density at radius 2 is 2.33 bits per heavy atom. The van der Waals surface area contributed by atoms with Crippen molar-refractivity contribution in [2.24, 2.45) is 0 Å². The number of aliphatic hydroxyl groups is 1. The van der Waals surface area contributed by atoms with Crippen molar-refractivity contribution >= 4 is 11.3 Å². The highest BCUT2D eigenvalue weighted by molar-refractivity contribution is 7.11. The van der Waals surface area contributed by atoms with Crippen LogP contribution in [0.5, 0.6) is 0 Å². The Labute approximate surface area is 95.6 Å². The Morgan fingerprint density at radius 1 is 1.67 bits per heavy atom. The summed E-state index contributed by atoms with van der Waals surface area (Å²) in [5.41, 5.74) is -0.617. The second kappa shape index (κ2) is 5.05. The van der Waals surface area contributed by atoms with Gasteiger partial charge >= 0.3 is 0 Å². The molecule has 15 heavy (non-hydrogen) atoms. The molecule has 0 bridgehead atoms. The first-order chi connectivity index (χ1) is 6.94. The van der Waals surface area contributed by atoms with Gasteiger partial charge in [-0.05, 0) is 27.2 Å². The van der Waals surface area contributed by atoms with E-state index in [1.54, 1.807) is 11.3 Å². The van der Waals surface area contributed by atoms with Crippen molar-refractivity contribution in [2.75, 3.05) is 6.54 Å². The first-order valence-electron chi connectivity index (χ1n) is 5.32. The summed E-state index contributed by atoms with van der Waals surface area (Å²) in [6.07, 6.45) is 2.66. The zero-order valence-corrected chi connectivity index (χ0v) is 10.7. The molecule has 0 aliphatic rings. The molecule has 0 amide bonds. The molecule has 0 saturated carbocycles. The number of nitrogens with zero attached hydrogens (tertiary/aromatic N) is 1. The molecular weight excluding hydrogens is 208 g/mol. The molecule has 0 aliphatic heterocycles. The van der Waals surface area contributed by atoms with Gasteiger partial charge in [-0.25, -0.2) is 4.98 Å². The maximum Gasteiger partial charge on any atom is 0.0897 e. The van der Waals surface area contributed by atoms with Gasteiger partial charge in [-0.2, -0.15) is 0 Å². The van der Waals surface area contributed by atoms with Gasteiger partial charge in [-0.3, -0.25) is 0 Å². The molecule has 1 heterocycles. The Morgan fingerprint density at radius 3 is 2.80 bits per heavy atom. The lowest BCUT2D eigenvalue weighted by atomic mass is 10.0. The topological polar surface area (TPSA) is 45.1 Å². The van der Waals surface area contributed by atoms with Crippen LogP contribution < -0.4 is 5.32 Å². The van der Waals surface area contributed by atoms with Crippen LogP contribution in [0, 0.1) is 6.92 Å². The van der Waals surface area contributed by atoms with Crippen LogP contribution >= 0.6 is 11.3 Å². The van der Waals surface area contributed by atoms with E-state index in [1.807, 2.05) is 27.0 Å². The van der Waals surface area contributed by atoms with Gasteiger partial charge in [0.2, 0.25) is 0 Å². The van der Waals surface area contributed by atoms with Crippen molar-refractivity contribution in [2.45, 2.75) is 45.8 Å². The third kappa shape index (κ3) is 3.89. The fraction of sp³-hybridized carbons (Fsp3) is 0.727. The van der Waals surface area contributed by atoms with Crippen LogP contribution in [0.15, 0.2) is 6.20 Å². The highest BCUT2D eigenvalue weighted by atomic mass is 32.1. The minimum absolute atomic E-state index is 0.259. The molecule has 86 valence electrons. The van der Waals surface area contributed by atoms with Crippen LogP contribution in [0.1, 0.15) is 43.1 Å². The van der Waals surface area contributed by atoms with E-state index in [9.17, 15) is 5.11 Å². The second-order valence-electron chi connectivity index (χ2n) is 4.23. The third-order valence-corrected chi connectivity index (χ3v) is 3.71. The van der Waals surface area contributed by atoms with Crippen molar-refractivity contribution < 1.29 is 5.11 Å². The van der Waals surface area contributed by atoms with E-state index in [0.717, 1.165) is 11.4 Å². The summed E-state index contributed by atoms with van der Waals surface area (Å²) < 4.78 is 0. The number of hydrogen-bond donors (Lipinski definition) is 2. The van der Waals surface area contributed by atoms with E-state index in [1.165, 1.54) is 4.88 Å². The molecule has 2 unspecified atom stereocenters. The molecule has 0 aromatic carbocycles. The Hall–Kier alpha value is -0.450. The normalized spacial score (nSPS) is 17.4. The van der Waals surface area contributed by atoms with Crippen molar-refractivity contribution in [3.8, 4) is 0 Å². The monoisotopic (exact) mass is 228 g/mol. The standard InChI is InChI=1S/C11H20N2OS/c1-5-11(4,14)7-13-8(2)10-6-12-9(3)15-10/h6,8,13-14H,5,7H2,1-4H3. The van der Waals surface area contributed by atoms with Crippen molar-refractivity contribution in [3.05, 3.63) is 16.1 Å². The van der Waals surface area contributed by atoms with Crippen LogP contribution in [0.25, 0.3) is 0 Å². The third-order valence-electron chi connectivity index (χ3n) is 2.62. The van der Waals surface area contributed by atoms with E-state index in [4.69, 9.17) is 0 Å². The number of hydrogen-bond acceptors (Lipinski definition) is 4. The molecule has 1 aromatic rings. The van der Waals surface area contributed by atoms with E-state index < -0.39 is 5.60 Å². The first kappa shape index (κ1) is 12.6. The van der Waals surface area contributed by atoms with Crippen LogP contribution in [-0.2, 0) is 0 Å². The zero-order chi connectivity index (χ0) is 11.5. The zero-order valence-electron chi connectivity index (χ0n) is 9.87. The predicted octanol–water partition coefficient (Wildman–Crippen LogP) is 2.26. The maximum absolute atomic E-state index is 9.85. The van der Waals surface area contributed by atoms with Gasteiger partial charge in [-0.15, -0.1) is 11.3 Å². The summed E-state index contributed by atoms with van der Waals surface area (Å²) in [5, 5.41) is 14.3. The molecular formula is C11H20N2OS. The molecule has 2 atom stereocenters. The van der Waals surface area contributed by atoms with Crippen molar-refractivity contribution in [1.29, 1.82) is 0 Å². The molecule has 2 N–H and O–H groups in total. The maximum atomic E-state index is 9.85. The lowest BCUT2D eigenvalue weighted by molar-refractivity contribution is 0.0534. The van der Waals surface area contributed by atoms with Crippen LogP contribution in [0.4, 0.5) is 0 Å². The predicted molar refractivity (Wildman–Crippen MR) is 64.2 cm³/mol. The summed E-state index contributed by atoms with van der Waals surface area (Å²) in [6.45, 7) is 8.55. The Balaban J connectivity index is 2.46. The van der Waals surface area contributed by atoms with E-state index >= 15 is 0 Å². The minimum atomic E-state index is -0.617. The molecule has 1 aromatic heterocycles. The quantitative estimate of drug-likeness (QED) is 0.812. The lowest BCUT2D eigenvalue weighted by Crippen LogP contribution is -2.38. The number of aryl methyl sites for hydroxylation is 1. The van der Waals surface area contributed by atoms with Crippen molar-refractivity contribution in [1.82, 2.24) is 10.3 Å². The van der Waals surface area contributed by atoms with Gasteiger partial charge in [-0.1, -0.05) is 6.92 Å². The van der Waals surface area contributed by atoms with Crippen molar-refractivity contribution in [3.63, 3.8) is 0 Å². The number of thiazole rings is 1. The summed E-state index contributed by atoms with van der Waals surface area (Å²) >= 11 is 1.70. The lowest BCUT2D eigenvalue weighted by Gasteiger charge is -2.24. The van der Waals surface area contributed by atoms with Crippen LogP contribution in [0.2, 0.25) is 0 Å². The highest BCUT2D eigenvalue weighted by Gasteiger charge is 2.19. The Kier molecular flexibility index (Phi) is 4.25. The second-order valence-corrected chi connectivity index (χ2v) is 5.50. The van der Waals surface area contributed by atoms with E-state index in [-0.39, 0.29) is 6.04 Å². The van der Waals surface area contributed by atoms with Gasteiger partial charge in [0.15, 0.2) is 0 Å². The molecule has 0 radical (unpaired) electrons. The smallest absolute Gasteiger partial charge is 0.0897 e. The van der Waals surface area contributed by atoms with Crippen LogP contribution in [-0.4, -0.2) is 22.2 Å². The first-order valence-corrected chi connectivity index (χ1v) is 6.14. The van der Waals surface area contributed by atoms with Crippen LogP contribution in [0.3, 0.4) is 0 Å². The summed E-state index contributed by atoms with van der Waals surface area (Å²) in [4.78, 5) is 5.44. The van der Waals surface area contributed by atoms with Gasteiger partial charge in [0.25, 0.3) is 0 Å². The summed E-state index contributed by atoms with van der Waals surface area (Å²) in [5.74, 6) is 0. The van der Waals surface area contributed by atoms with E-state index in [0.29, 0.717) is 6.54 Å². The van der Waals surface area contributed by atoms with Gasteiger partial charge < -0.3 is 10.4 Å². The fourth-order valence-corrected chi connectivity index (χ4v) is 1.99. The molecule has 0 spiro atoms. The number of aromatic nitrogens is 1. The molecule has 0 aliphatic carbocycles. The fourth-order valence-electron chi connectivity index (χ4n) is 1.18. The number of rotatable bonds is 5. The Bertz CT molecular complexity index is 309.